The first-order chi connectivity index (χ1) is 5.46. The van der Waals surface area contributed by atoms with Gasteiger partial charge in [0.2, 0.25) is 0 Å². The fourth-order valence-corrected chi connectivity index (χ4v) is 1.69. The number of hydrogen-bond acceptors (Lipinski definition) is 1. The Morgan fingerprint density at radius 3 is 2.50 bits per heavy atom. The summed E-state index contributed by atoms with van der Waals surface area (Å²) in [5.41, 5.74) is -0.484. The monoisotopic (exact) mass is 168 g/mol. The van der Waals surface area contributed by atoms with Crippen LogP contribution in [0.5, 0.6) is 0 Å². The van der Waals surface area contributed by atoms with Crippen molar-refractivity contribution in [2.24, 2.45) is 5.41 Å². The summed E-state index contributed by atoms with van der Waals surface area (Å²) in [5, 5.41) is 10.3. The minimum Gasteiger partial charge on any atom is -0.389 e. The molecule has 0 aromatic carbocycles. The van der Waals surface area contributed by atoms with Crippen LogP contribution in [0.25, 0.3) is 0 Å². The van der Waals surface area contributed by atoms with Gasteiger partial charge in [0.15, 0.2) is 0 Å². The van der Waals surface area contributed by atoms with Crippen LogP contribution in [0, 0.1) is 5.41 Å². The zero-order valence-electron chi connectivity index (χ0n) is 8.43. The van der Waals surface area contributed by atoms with E-state index in [9.17, 15) is 5.11 Å². The third-order valence-electron chi connectivity index (χ3n) is 2.98. The van der Waals surface area contributed by atoms with E-state index in [1.807, 2.05) is 0 Å². The molecule has 0 bridgehead atoms. The number of aliphatic hydroxyl groups is 1. The molecule has 1 nitrogen and oxygen atoms in total. The van der Waals surface area contributed by atoms with Crippen molar-refractivity contribution in [3.8, 4) is 0 Å². The maximum absolute atomic E-state index is 10.3. The van der Waals surface area contributed by atoms with Gasteiger partial charge in [0, 0.05) is 0 Å². The highest BCUT2D eigenvalue weighted by Crippen LogP contribution is 2.38. The first-order valence-electron chi connectivity index (χ1n) is 4.83. The predicted molar refractivity (Wildman–Crippen MR) is 52.0 cm³/mol. The van der Waals surface area contributed by atoms with Crippen molar-refractivity contribution >= 4 is 0 Å². The van der Waals surface area contributed by atoms with Crippen molar-refractivity contribution in [1.29, 1.82) is 0 Å². The maximum Gasteiger partial charge on any atom is 0.0730 e. The summed E-state index contributed by atoms with van der Waals surface area (Å²) in [5.74, 6) is 0. The van der Waals surface area contributed by atoms with E-state index in [4.69, 9.17) is 0 Å². The van der Waals surface area contributed by atoms with Crippen molar-refractivity contribution in [2.75, 3.05) is 0 Å². The first kappa shape index (κ1) is 9.79. The summed E-state index contributed by atoms with van der Waals surface area (Å²) in [6.07, 6.45) is 8.30. The molecule has 0 aromatic heterocycles. The fourth-order valence-electron chi connectivity index (χ4n) is 1.69. The van der Waals surface area contributed by atoms with Gasteiger partial charge in [0.1, 0.15) is 0 Å². The molecule has 0 saturated carbocycles. The summed E-state index contributed by atoms with van der Waals surface area (Å²) < 4.78 is 0. The lowest BCUT2D eigenvalue weighted by molar-refractivity contribution is -0.0617. The highest BCUT2D eigenvalue weighted by Gasteiger charge is 2.38. The summed E-state index contributed by atoms with van der Waals surface area (Å²) in [7, 11) is 0. The smallest absolute Gasteiger partial charge is 0.0730 e. The van der Waals surface area contributed by atoms with Gasteiger partial charge in [-0.3, -0.25) is 0 Å². The van der Waals surface area contributed by atoms with Crippen LogP contribution >= 0.6 is 0 Å². The van der Waals surface area contributed by atoms with E-state index in [-0.39, 0.29) is 5.41 Å². The molecular formula is C11H20O. The number of allylic oxidation sites excluding steroid dienone is 1. The van der Waals surface area contributed by atoms with Gasteiger partial charge >= 0.3 is 0 Å². The van der Waals surface area contributed by atoms with Crippen LogP contribution in [0.1, 0.15) is 46.5 Å². The molecule has 0 radical (unpaired) electrons. The van der Waals surface area contributed by atoms with E-state index in [1.165, 1.54) is 0 Å². The molecule has 1 aliphatic rings. The van der Waals surface area contributed by atoms with E-state index in [0.717, 1.165) is 25.7 Å². The van der Waals surface area contributed by atoms with E-state index >= 15 is 0 Å². The lowest BCUT2D eigenvalue weighted by atomic mass is 9.72. The molecule has 1 N–H and O–H groups in total. The Balaban J connectivity index is 2.75. The molecule has 1 unspecified atom stereocenters. The van der Waals surface area contributed by atoms with Gasteiger partial charge in [-0.2, -0.15) is 0 Å². The molecule has 0 aliphatic heterocycles. The Labute approximate surface area is 75.5 Å². The maximum atomic E-state index is 10.3. The highest BCUT2D eigenvalue weighted by molar-refractivity contribution is 5.00. The van der Waals surface area contributed by atoms with E-state index in [1.54, 1.807) is 0 Å². The standard InChI is InChI=1S/C11H20O/c1-10(2,3)11(12)8-6-4-5-7-9-11/h4,6,12H,5,7-9H2,1-3H3. The van der Waals surface area contributed by atoms with Crippen molar-refractivity contribution in [1.82, 2.24) is 0 Å². The molecule has 0 saturated heterocycles. The van der Waals surface area contributed by atoms with Crippen molar-refractivity contribution in [3.63, 3.8) is 0 Å². The van der Waals surface area contributed by atoms with Gasteiger partial charge in [-0.15, -0.1) is 0 Å². The second kappa shape index (κ2) is 3.21. The van der Waals surface area contributed by atoms with Crippen LogP contribution in [0.15, 0.2) is 12.2 Å². The Morgan fingerprint density at radius 2 is 1.92 bits per heavy atom. The van der Waals surface area contributed by atoms with E-state index in [0.29, 0.717) is 0 Å². The number of rotatable bonds is 0. The van der Waals surface area contributed by atoms with Crippen LogP contribution in [0.3, 0.4) is 0 Å². The van der Waals surface area contributed by atoms with Crippen LogP contribution in [0.4, 0.5) is 0 Å². The van der Waals surface area contributed by atoms with Gasteiger partial charge in [-0.25, -0.2) is 0 Å². The van der Waals surface area contributed by atoms with Gasteiger partial charge in [-0.1, -0.05) is 32.9 Å². The molecule has 1 rings (SSSR count). The van der Waals surface area contributed by atoms with Crippen molar-refractivity contribution < 1.29 is 5.11 Å². The molecule has 0 spiro atoms. The SMILES string of the molecule is CC(C)(C)C1(O)CC=CCCC1. The molecule has 1 aliphatic carbocycles. The minimum absolute atomic E-state index is 0.00167. The second-order valence-electron chi connectivity index (χ2n) is 4.85. The minimum atomic E-state index is -0.486. The van der Waals surface area contributed by atoms with Crippen LogP contribution in [-0.2, 0) is 0 Å². The summed E-state index contributed by atoms with van der Waals surface area (Å²) in [6, 6.07) is 0. The zero-order valence-corrected chi connectivity index (χ0v) is 8.43. The van der Waals surface area contributed by atoms with Gasteiger partial charge in [0.05, 0.1) is 5.60 Å². The summed E-state index contributed by atoms with van der Waals surface area (Å²) in [6.45, 7) is 6.35. The molecule has 1 heteroatoms. The lowest BCUT2D eigenvalue weighted by Gasteiger charge is -2.39. The Morgan fingerprint density at radius 1 is 1.25 bits per heavy atom. The third kappa shape index (κ3) is 1.89. The summed E-state index contributed by atoms with van der Waals surface area (Å²) in [4.78, 5) is 0. The molecular weight excluding hydrogens is 148 g/mol. The Kier molecular flexibility index (Phi) is 2.62. The average Bonchev–Trinajstić information content (AvgIpc) is 2.12. The normalized spacial score (nSPS) is 31.7. The fraction of sp³-hybridized carbons (Fsp3) is 0.818. The zero-order chi connectivity index (χ0) is 9.24. The number of hydrogen-bond donors (Lipinski definition) is 1. The average molecular weight is 168 g/mol. The second-order valence-corrected chi connectivity index (χ2v) is 4.85. The molecule has 0 aromatic rings. The molecule has 0 fully saturated rings. The highest BCUT2D eigenvalue weighted by atomic mass is 16.3. The van der Waals surface area contributed by atoms with E-state index < -0.39 is 5.60 Å². The van der Waals surface area contributed by atoms with Crippen LogP contribution in [0.2, 0.25) is 0 Å². The molecule has 0 amide bonds. The topological polar surface area (TPSA) is 20.2 Å². The van der Waals surface area contributed by atoms with Crippen molar-refractivity contribution in [3.05, 3.63) is 12.2 Å². The quantitative estimate of drug-likeness (QED) is 0.551. The molecule has 12 heavy (non-hydrogen) atoms. The largest absolute Gasteiger partial charge is 0.389 e. The summed E-state index contributed by atoms with van der Waals surface area (Å²) >= 11 is 0. The molecule has 70 valence electrons. The molecule has 0 heterocycles. The lowest BCUT2D eigenvalue weighted by Crippen LogP contribution is -2.41. The third-order valence-corrected chi connectivity index (χ3v) is 2.98. The van der Waals surface area contributed by atoms with Gasteiger partial charge < -0.3 is 5.11 Å². The van der Waals surface area contributed by atoms with Crippen LogP contribution < -0.4 is 0 Å². The Bertz CT molecular complexity index is 176. The van der Waals surface area contributed by atoms with E-state index in [2.05, 4.69) is 32.9 Å². The first-order valence-corrected chi connectivity index (χ1v) is 4.83. The predicted octanol–water partition coefficient (Wildman–Crippen LogP) is 2.89. The van der Waals surface area contributed by atoms with Gasteiger partial charge in [0.25, 0.3) is 0 Å². The molecule has 1 atom stereocenters. The van der Waals surface area contributed by atoms with Gasteiger partial charge in [-0.05, 0) is 31.1 Å². The van der Waals surface area contributed by atoms with Crippen molar-refractivity contribution in [2.45, 2.75) is 52.1 Å². The van der Waals surface area contributed by atoms with Crippen LogP contribution in [-0.4, -0.2) is 10.7 Å². The Hall–Kier alpha value is -0.300.